The first-order valence-corrected chi connectivity index (χ1v) is 12.4. The van der Waals surface area contributed by atoms with E-state index in [1.807, 2.05) is 18.2 Å². The molecule has 4 rings (SSSR count). The number of ether oxygens (including phenoxy) is 2. The van der Waals surface area contributed by atoms with Crippen LogP contribution in [0, 0.1) is 0 Å². The quantitative estimate of drug-likeness (QED) is 0.620. The van der Waals surface area contributed by atoms with Crippen LogP contribution in [-0.2, 0) is 16.4 Å². The highest BCUT2D eigenvalue weighted by molar-refractivity contribution is 7.89. The summed E-state index contributed by atoms with van der Waals surface area (Å²) in [4.78, 5) is 2.52. The monoisotopic (exact) mass is 430 g/mol. The Bertz CT molecular complexity index is 945. The molecule has 0 amide bonds. The highest BCUT2D eigenvalue weighted by Gasteiger charge is 2.37. The van der Waals surface area contributed by atoms with Gasteiger partial charge in [0.15, 0.2) is 0 Å². The SMILES string of the molecule is CCS(=O)(=O)NCCOc1ccc2c(c1)[C@H](Cc1ccccc1)[C@@H](N1CCC1)CO2. The molecule has 0 spiro atoms. The zero-order valence-corrected chi connectivity index (χ0v) is 18.2. The topological polar surface area (TPSA) is 67.9 Å². The summed E-state index contributed by atoms with van der Waals surface area (Å²) in [5.41, 5.74) is 2.50. The average molecular weight is 431 g/mol. The number of hydrogen-bond acceptors (Lipinski definition) is 5. The first kappa shape index (κ1) is 21.2. The number of sulfonamides is 1. The standard InChI is InChI=1S/C23H30N2O4S/c1-2-30(26,27)24-11-14-28-19-9-10-23-21(16-19)20(15-18-7-4-3-5-8-18)22(17-29-23)25-12-6-13-25/h3-5,7-10,16,20,22,24H,2,6,11-15,17H2,1H3/t20-,22-/m0/s1. The van der Waals surface area contributed by atoms with Crippen LogP contribution in [0.4, 0.5) is 0 Å². The fraction of sp³-hybridized carbons (Fsp3) is 0.478. The molecule has 1 N–H and O–H groups in total. The van der Waals surface area contributed by atoms with Crippen LogP contribution in [0.2, 0.25) is 0 Å². The van der Waals surface area contributed by atoms with Crippen LogP contribution in [0.3, 0.4) is 0 Å². The van der Waals surface area contributed by atoms with Gasteiger partial charge in [-0.2, -0.15) is 0 Å². The van der Waals surface area contributed by atoms with Crippen molar-refractivity contribution in [2.75, 3.05) is 38.6 Å². The van der Waals surface area contributed by atoms with E-state index in [4.69, 9.17) is 9.47 Å². The third-order valence-electron chi connectivity index (χ3n) is 5.99. The Labute approximate surface area is 179 Å². The molecule has 2 atom stereocenters. The van der Waals surface area contributed by atoms with Crippen molar-refractivity contribution < 1.29 is 17.9 Å². The molecule has 2 aromatic carbocycles. The molecule has 2 heterocycles. The second kappa shape index (κ2) is 9.37. The van der Waals surface area contributed by atoms with Gasteiger partial charge in [-0.15, -0.1) is 0 Å². The lowest BCUT2D eigenvalue weighted by atomic mass is 9.82. The van der Waals surface area contributed by atoms with E-state index in [1.165, 1.54) is 17.5 Å². The number of nitrogens with zero attached hydrogens (tertiary/aromatic N) is 1. The third-order valence-corrected chi connectivity index (χ3v) is 7.39. The highest BCUT2D eigenvalue weighted by Crippen LogP contribution is 2.41. The highest BCUT2D eigenvalue weighted by atomic mass is 32.2. The third kappa shape index (κ3) is 4.96. The minimum absolute atomic E-state index is 0.0717. The molecular formula is C23H30N2O4S. The van der Waals surface area contributed by atoms with Crippen LogP contribution in [0.15, 0.2) is 48.5 Å². The van der Waals surface area contributed by atoms with Gasteiger partial charge < -0.3 is 9.47 Å². The molecule has 0 aliphatic carbocycles. The van der Waals surface area contributed by atoms with Gasteiger partial charge in [-0.25, -0.2) is 13.1 Å². The molecule has 6 nitrogen and oxygen atoms in total. The molecule has 162 valence electrons. The van der Waals surface area contributed by atoms with Crippen LogP contribution in [-0.4, -0.2) is 58.0 Å². The van der Waals surface area contributed by atoms with Gasteiger partial charge in [-0.3, -0.25) is 4.90 Å². The van der Waals surface area contributed by atoms with Crippen molar-refractivity contribution in [1.29, 1.82) is 0 Å². The van der Waals surface area contributed by atoms with Crippen LogP contribution < -0.4 is 14.2 Å². The van der Waals surface area contributed by atoms with Gasteiger partial charge in [0, 0.05) is 18.0 Å². The van der Waals surface area contributed by atoms with Gasteiger partial charge in [0.05, 0.1) is 11.8 Å². The number of nitrogens with one attached hydrogen (secondary N) is 1. The maximum absolute atomic E-state index is 11.6. The summed E-state index contributed by atoms with van der Waals surface area (Å²) < 4.78 is 37.6. The van der Waals surface area contributed by atoms with E-state index in [0.29, 0.717) is 18.6 Å². The summed E-state index contributed by atoms with van der Waals surface area (Å²) in [5, 5.41) is 0. The van der Waals surface area contributed by atoms with Crippen molar-refractivity contribution in [3.05, 3.63) is 59.7 Å². The van der Waals surface area contributed by atoms with Gasteiger partial charge in [-0.1, -0.05) is 30.3 Å². The molecule has 0 aromatic heterocycles. The summed E-state index contributed by atoms with van der Waals surface area (Å²) in [7, 11) is -3.20. The maximum Gasteiger partial charge on any atom is 0.211 e. The minimum Gasteiger partial charge on any atom is -0.492 e. The van der Waals surface area contributed by atoms with Crippen molar-refractivity contribution in [2.24, 2.45) is 0 Å². The Kier molecular flexibility index (Phi) is 6.61. The summed E-state index contributed by atoms with van der Waals surface area (Å²) in [6.07, 6.45) is 2.20. The Morgan fingerprint density at radius 3 is 2.67 bits per heavy atom. The summed E-state index contributed by atoms with van der Waals surface area (Å²) in [6.45, 7) is 5.13. The molecule has 0 radical (unpaired) electrons. The molecule has 2 aliphatic rings. The summed E-state index contributed by atoms with van der Waals surface area (Å²) >= 11 is 0. The van der Waals surface area contributed by atoms with Crippen LogP contribution in [0.5, 0.6) is 11.5 Å². The van der Waals surface area contributed by atoms with Gasteiger partial charge in [0.25, 0.3) is 0 Å². The predicted molar refractivity (Wildman–Crippen MR) is 118 cm³/mol. The van der Waals surface area contributed by atoms with E-state index >= 15 is 0 Å². The van der Waals surface area contributed by atoms with E-state index in [9.17, 15) is 8.42 Å². The summed E-state index contributed by atoms with van der Waals surface area (Å²) in [5.74, 6) is 2.07. The lowest BCUT2D eigenvalue weighted by Gasteiger charge is -2.45. The molecule has 2 aromatic rings. The van der Waals surface area contributed by atoms with E-state index in [-0.39, 0.29) is 18.9 Å². The number of likely N-dealkylation sites (tertiary alicyclic amines) is 1. The van der Waals surface area contributed by atoms with Crippen LogP contribution in [0.1, 0.15) is 30.4 Å². The van der Waals surface area contributed by atoms with Gasteiger partial charge >= 0.3 is 0 Å². The minimum atomic E-state index is -3.20. The lowest BCUT2D eigenvalue weighted by molar-refractivity contribution is 0.0500. The van der Waals surface area contributed by atoms with E-state index < -0.39 is 10.0 Å². The molecule has 1 fully saturated rings. The number of rotatable bonds is 9. The number of fused-ring (bicyclic) bond motifs is 1. The van der Waals surface area contributed by atoms with Crippen molar-refractivity contribution in [2.45, 2.75) is 31.7 Å². The Hall–Kier alpha value is -2.09. The fourth-order valence-electron chi connectivity index (χ4n) is 4.15. The lowest BCUT2D eigenvalue weighted by Crippen LogP contribution is -2.52. The van der Waals surface area contributed by atoms with Crippen LogP contribution in [0.25, 0.3) is 0 Å². The van der Waals surface area contributed by atoms with E-state index in [1.54, 1.807) is 6.92 Å². The Morgan fingerprint density at radius 2 is 1.97 bits per heavy atom. The largest absolute Gasteiger partial charge is 0.492 e. The molecule has 2 aliphatic heterocycles. The first-order valence-electron chi connectivity index (χ1n) is 10.7. The Morgan fingerprint density at radius 1 is 1.17 bits per heavy atom. The second-order valence-corrected chi connectivity index (χ2v) is 10.0. The molecule has 0 bridgehead atoms. The van der Waals surface area contributed by atoms with E-state index in [2.05, 4.69) is 40.0 Å². The number of benzene rings is 2. The van der Waals surface area contributed by atoms with Crippen molar-refractivity contribution in [3.63, 3.8) is 0 Å². The molecule has 30 heavy (non-hydrogen) atoms. The fourth-order valence-corrected chi connectivity index (χ4v) is 4.75. The zero-order valence-electron chi connectivity index (χ0n) is 17.4. The van der Waals surface area contributed by atoms with E-state index in [0.717, 1.165) is 31.0 Å². The molecule has 0 saturated carbocycles. The molecule has 0 unspecified atom stereocenters. The predicted octanol–water partition coefficient (Wildman–Crippen LogP) is 2.80. The number of hydrogen-bond donors (Lipinski definition) is 1. The van der Waals surface area contributed by atoms with Crippen molar-refractivity contribution in [1.82, 2.24) is 9.62 Å². The van der Waals surface area contributed by atoms with Gasteiger partial charge in [0.2, 0.25) is 10.0 Å². The van der Waals surface area contributed by atoms with Gasteiger partial charge in [0.1, 0.15) is 24.7 Å². The second-order valence-electron chi connectivity index (χ2n) is 7.91. The zero-order chi connectivity index (χ0) is 21.0. The van der Waals surface area contributed by atoms with Gasteiger partial charge in [-0.05, 0) is 56.6 Å². The van der Waals surface area contributed by atoms with Crippen LogP contribution >= 0.6 is 0 Å². The molecule has 7 heteroatoms. The van der Waals surface area contributed by atoms with Crippen molar-refractivity contribution in [3.8, 4) is 11.5 Å². The normalized spacial score (nSPS) is 21.4. The smallest absolute Gasteiger partial charge is 0.211 e. The molecule has 1 saturated heterocycles. The molecular weight excluding hydrogens is 400 g/mol. The average Bonchev–Trinajstić information content (AvgIpc) is 2.72. The summed E-state index contributed by atoms with van der Waals surface area (Å²) in [6, 6.07) is 16.9. The maximum atomic E-state index is 11.6. The first-order chi connectivity index (χ1) is 14.6. The Balaban J connectivity index is 1.50. The van der Waals surface area contributed by atoms with Crippen molar-refractivity contribution >= 4 is 10.0 Å².